The van der Waals surface area contributed by atoms with Crippen LogP contribution in [0.2, 0.25) is 0 Å². The second kappa shape index (κ2) is 6.07. The quantitative estimate of drug-likeness (QED) is 0.634. The molecule has 0 fully saturated rings. The first-order chi connectivity index (χ1) is 7.65. The Labute approximate surface area is 94.1 Å². The second-order valence-corrected chi connectivity index (χ2v) is 3.49. The van der Waals surface area contributed by atoms with Crippen molar-refractivity contribution in [2.24, 2.45) is 0 Å². The number of unbranched alkanes of at least 4 members (excludes halogenated alkanes) is 1. The van der Waals surface area contributed by atoms with Gasteiger partial charge in [-0.3, -0.25) is 0 Å². The molecule has 0 aromatic carbocycles. The van der Waals surface area contributed by atoms with E-state index in [0.717, 1.165) is 19.4 Å². The number of pyridine rings is 1. The number of hydrogen-bond donors (Lipinski definition) is 3. The van der Waals surface area contributed by atoms with Gasteiger partial charge in [0, 0.05) is 13.2 Å². The van der Waals surface area contributed by atoms with Crippen molar-refractivity contribution in [3.8, 4) is 0 Å². The van der Waals surface area contributed by atoms with Crippen LogP contribution in [-0.2, 0) is 0 Å². The molecule has 0 bridgehead atoms. The number of carboxylic acid groups (broad SMARTS) is 1. The van der Waals surface area contributed by atoms with Crippen LogP contribution in [0.25, 0.3) is 0 Å². The first kappa shape index (κ1) is 12.4. The molecule has 1 heterocycles. The molecule has 0 amide bonds. The Kier molecular flexibility index (Phi) is 4.72. The summed E-state index contributed by atoms with van der Waals surface area (Å²) in [6.07, 6.45) is 1.61. The summed E-state index contributed by atoms with van der Waals surface area (Å²) in [7, 11) is 0. The fourth-order valence-electron chi connectivity index (χ4n) is 1.34. The van der Waals surface area contributed by atoms with Gasteiger partial charge in [-0.1, -0.05) is 0 Å². The molecule has 5 heteroatoms. The fraction of sp³-hybridized carbons (Fsp3) is 0.455. The number of carbonyl (C=O) groups is 1. The number of aryl methyl sites for hydroxylation is 1. The van der Waals surface area contributed by atoms with Gasteiger partial charge in [-0.05, 0) is 31.9 Å². The van der Waals surface area contributed by atoms with Gasteiger partial charge >= 0.3 is 5.97 Å². The molecular weight excluding hydrogens is 208 g/mol. The Morgan fingerprint density at radius 1 is 1.44 bits per heavy atom. The van der Waals surface area contributed by atoms with E-state index in [1.807, 2.05) is 0 Å². The topological polar surface area (TPSA) is 82.5 Å². The Morgan fingerprint density at radius 3 is 2.75 bits per heavy atom. The van der Waals surface area contributed by atoms with Crippen molar-refractivity contribution in [2.75, 3.05) is 18.5 Å². The minimum absolute atomic E-state index is 0.187. The van der Waals surface area contributed by atoms with Crippen LogP contribution in [0.5, 0.6) is 0 Å². The molecule has 88 valence electrons. The summed E-state index contributed by atoms with van der Waals surface area (Å²) in [6, 6.07) is 3.19. The lowest BCUT2D eigenvalue weighted by molar-refractivity contribution is 0.0695. The molecule has 0 saturated carbocycles. The van der Waals surface area contributed by atoms with Gasteiger partial charge in [-0.25, -0.2) is 9.78 Å². The van der Waals surface area contributed by atoms with Crippen LogP contribution in [0.3, 0.4) is 0 Å². The molecular formula is C11H16N2O3. The fourth-order valence-corrected chi connectivity index (χ4v) is 1.34. The van der Waals surface area contributed by atoms with Gasteiger partial charge < -0.3 is 15.5 Å². The highest BCUT2D eigenvalue weighted by atomic mass is 16.4. The molecule has 0 radical (unpaired) electrons. The molecule has 16 heavy (non-hydrogen) atoms. The van der Waals surface area contributed by atoms with E-state index < -0.39 is 5.97 Å². The number of rotatable bonds is 6. The highest BCUT2D eigenvalue weighted by Gasteiger charge is 2.07. The maximum atomic E-state index is 10.7. The van der Waals surface area contributed by atoms with Crippen LogP contribution in [-0.4, -0.2) is 34.3 Å². The first-order valence-corrected chi connectivity index (χ1v) is 5.21. The van der Waals surface area contributed by atoms with E-state index in [-0.39, 0.29) is 12.2 Å². The normalized spacial score (nSPS) is 10.1. The summed E-state index contributed by atoms with van der Waals surface area (Å²) in [5, 5.41) is 20.5. The highest BCUT2D eigenvalue weighted by Crippen LogP contribution is 2.10. The number of nitrogens with one attached hydrogen (secondary N) is 1. The van der Waals surface area contributed by atoms with E-state index in [0.29, 0.717) is 11.5 Å². The van der Waals surface area contributed by atoms with Crippen LogP contribution in [0, 0.1) is 6.92 Å². The molecule has 1 aromatic heterocycles. The number of aliphatic hydroxyl groups excluding tert-OH is 1. The lowest BCUT2D eigenvalue weighted by Crippen LogP contribution is -2.07. The third kappa shape index (κ3) is 3.51. The van der Waals surface area contributed by atoms with Gasteiger partial charge in [-0.15, -0.1) is 0 Å². The number of aliphatic hydroxyl groups is 1. The summed E-state index contributed by atoms with van der Waals surface area (Å²) in [6.45, 7) is 2.58. The molecule has 1 aromatic rings. The zero-order chi connectivity index (χ0) is 12.0. The van der Waals surface area contributed by atoms with Gasteiger partial charge in [-0.2, -0.15) is 0 Å². The molecule has 1 rings (SSSR count). The van der Waals surface area contributed by atoms with Crippen molar-refractivity contribution in [1.29, 1.82) is 0 Å². The summed E-state index contributed by atoms with van der Waals surface area (Å²) in [5.41, 5.74) is 0.723. The molecule has 0 aliphatic heterocycles. The maximum absolute atomic E-state index is 10.7. The van der Waals surface area contributed by atoms with Gasteiger partial charge in [0.2, 0.25) is 0 Å². The number of hydrogen-bond acceptors (Lipinski definition) is 4. The van der Waals surface area contributed by atoms with Crippen molar-refractivity contribution in [2.45, 2.75) is 19.8 Å². The van der Waals surface area contributed by atoms with E-state index in [2.05, 4.69) is 10.3 Å². The standard InChI is InChI=1S/C11H16N2O3/c1-8-9(11(15)16)4-5-10(13-8)12-6-2-3-7-14/h4-5,14H,2-3,6-7H2,1H3,(H,12,13)(H,15,16). The lowest BCUT2D eigenvalue weighted by atomic mass is 10.2. The van der Waals surface area contributed by atoms with Crippen molar-refractivity contribution in [1.82, 2.24) is 4.98 Å². The molecule has 0 aliphatic rings. The summed E-state index contributed by atoms with van der Waals surface area (Å²) in [5.74, 6) is -0.294. The number of anilines is 1. The highest BCUT2D eigenvalue weighted by molar-refractivity contribution is 5.88. The van der Waals surface area contributed by atoms with Gasteiger partial charge in [0.05, 0.1) is 11.3 Å². The van der Waals surface area contributed by atoms with E-state index in [4.69, 9.17) is 10.2 Å². The second-order valence-electron chi connectivity index (χ2n) is 3.49. The van der Waals surface area contributed by atoms with Gasteiger partial charge in [0.15, 0.2) is 0 Å². The molecule has 0 spiro atoms. The maximum Gasteiger partial charge on any atom is 0.337 e. The predicted octanol–water partition coefficient (Wildman–Crippen LogP) is 1.27. The molecule has 0 aliphatic carbocycles. The van der Waals surface area contributed by atoms with Crippen molar-refractivity contribution in [3.05, 3.63) is 23.4 Å². The third-order valence-corrected chi connectivity index (χ3v) is 2.21. The molecule has 3 N–H and O–H groups in total. The number of aromatic carboxylic acids is 1. The lowest BCUT2D eigenvalue weighted by Gasteiger charge is -2.07. The zero-order valence-corrected chi connectivity index (χ0v) is 9.23. The van der Waals surface area contributed by atoms with E-state index in [9.17, 15) is 4.79 Å². The number of carboxylic acids is 1. The van der Waals surface area contributed by atoms with E-state index >= 15 is 0 Å². The minimum atomic E-state index is -0.961. The molecule has 0 saturated heterocycles. The largest absolute Gasteiger partial charge is 0.478 e. The monoisotopic (exact) mass is 224 g/mol. The SMILES string of the molecule is Cc1nc(NCCCCO)ccc1C(=O)O. The zero-order valence-electron chi connectivity index (χ0n) is 9.23. The molecule has 5 nitrogen and oxygen atoms in total. The van der Waals surface area contributed by atoms with Crippen molar-refractivity contribution in [3.63, 3.8) is 0 Å². The number of nitrogens with zero attached hydrogens (tertiary/aromatic N) is 1. The van der Waals surface area contributed by atoms with Gasteiger partial charge in [0.25, 0.3) is 0 Å². The van der Waals surface area contributed by atoms with E-state index in [1.165, 1.54) is 0 Å². The first-order valence-electron chi connectivity index (χ1n) is 5.21. The van der Waals surface area contributed by atoms with Crippen molar-refractivity contribution >= 4 is 11.8 Å². The molecule has 0 atom stereocenters. The van der Waals surface area contributed by atoms with Crippen LogP contribution >= 0.6 is 0 Å². The van der Waals surface area contributed by atoms with E-state index in [1.54, 1.807) is 19.1 Å². The van der Waals surface area contributed by atoms with Gasteiger partial charge in [0.1, 0.15) is 5.82 Å². The van der Waals surface area contributed by atoms with Crippen LogP contribution in [0.1, 0.15) is 28.9 Å². The Morgan fingerprint density at radius 2 is 2.19 bits per heavy atom. The average molecular weight is 224 g/mol. The smallest absolute Gasteiger partial charge is 0.337 e. The van der Waals surface area contributed by atoms with Crippen LogP contribution in [0.15, 0.2) is 12.1 Å². The Bertz CT molecular complexity index is 366. The Hall–Kier alpha value is -1.62. The third-order valence-electron chi connectivity index (χ3n) is 2.21. The summed E-state index contributed by atoms with van der Waals surface area (Å²) < 4.78 is 0. The molecule has 0 unspecified atom stereocenters. The predicted molar refractivity (Wildman–Crippen MR) is 60.7 cm³/mol. The van der Waals surface area contributed by atoms with Crippen molar-refractivity contribution < 1.29 is 15.0 Å². The number of aromatic nitrogens is 1. The minimum Gasteiger partial charge on any atom is -0.478 e. The van der Waals surface area contributed by atoms with Crippen LogP contribution < -0.4 is 5.32 Å². The summed E-state index contributed by atoms with van der Waals surface area (Å²) in [4.78, 5) is 14.9. The Balaban J connectivity index is 2.56. The average Bonchev–Trinajstić information content (AvgIpc) is 2.24. The summed E-state index contributed by atoms with van der Waals surface area (Å²) >= 11 is 0. The van der Waals surface area contributed by atoms with Crippen LogP contribution in [0.4, 0.5) is 5.82 Å².